The molecule has 2 heterocycles. The van der Waals surface area contributed by atoms with Crippen molar-refractivity contribution in [1.29, 1.82) is 0 Å². The summed E-state index contributed by atoms with van der Waals surface area (Å²) < 4.78 is 27.5. The molecule has 3 rings (SSSR count). The van der Waals surface area contributed by atoms with E-state index in [9.17, 15) is 13.2 Å². The molecule has 1 aliphatic heterocycles. The number of benzene rings is 1. The Bertz CT molecular complexity index is 1050. The maximum absolute atomic E-state index is 12.4. The summed E-state index contributed by atoms with van der Waals surface area (Å²) in [5, 5.41) is 9.22. The molecule has 1 aromatic heterocycles. The van der Waals surface area contributed by atoms with E-state index in [-0.39, 0.29) is 18.4 Å². The first kappa shape index (κ1) is 22.3. The number of nitrogens with one attached hydrogen (secondary N) is 4. The van der Waals surface area contributed by atoms with Gasteiger partial charge in [0.1, 0.15) is 0 Å². The fourth-order valence-electron chi connectivity index (χ4n) is 3.44. The maximum Gasteiger partial charge on any atom is 0.241 e. The molecular formula is C20H27N5O3S2. The molecule has 0 bridgehead atoms. The number of nitrogens with zero attached hydrogens (tertiary/aromatic N) is 1. The third-order valence-corrected chi connectivity index (χ3v) is 7.52. The highest BCUT2D eigenvalue weighted by Gasteiger charge is 2.24. The molecule has 10 heteroatoms. The molecule has 1 unspecified atom stereocenters. The van der Waals surface area contributed by atoms with Gasteiger partial charge in [-0.1, -0.05) is 18.2 Å². The van der Waals surface area contributed by atoms with E-state index in [0.717, 1.165) is 21.0 Å². The van der Waals surface area contributed by atoms with Gasteiger partial charge < -0.3 is 16.0 Å². The smallest absolute Gasteiger partial charge is 0.241 e. The van der Waals surface area contributed by atoms with Gasteiger partial charge in [0, 0.05) is 54.5 Å². The molecule has 0 aliphatic carbocycles. The van der Waals surface area contributed by atoms with Gasteiger partial charge in [-0.05, 0) is 31.5 Å². The number of anilines is 1. The molecule has 0 radical (unpaired) electrons. The summed E-state index contributed by atoms with van der Waals surface area (Å²) in [6.45, 7) is 4.85. The van der Waals surface area contributed by atoms with Gasteiger partial charge >= 0.3 is 0 Å². The first-order valence-electron chi connectivity index (χ1n) is 9.70. The van der Waals surface area contributed by atoms with E-state index in [1.165, 1.54) is 11.3 Å². The van der Waals surface area contributed by atoms with Crippen molar-refractivity contribution in [1.82, 2.24) is 15.4 Å². The molecule has 30 heavy (non-hydrogen) atoms. The molecule has 1 amide bonds. The normalized spacial score (nSPS) is 16.7. The van der Waals surface area contributed by atoms with E-state index in [1.807, 2.05) is 31.2 Å². The highest BCUT2D eigenvalue weighted by molar-refractivity contribution is 7.89. The van der Waals surface area contributed by atoms with Crippen LogP contribution in [-0.4, -0.2) is 47.0 Å². The molecule has 1 aliphatic rings. The molecule has 8 nitrogen and oxygen atoms in total. The topological polar surface area (TPSA) is 112 Å². The largest absolute Gasteiger partial charge is 0.356 e. The van der Waals surface area contributed by atoms with Crippen molar-refractivity contribution < 1.29 is 13.2 Å². The number of hydrogen-bond acceptors (Lipinski definition) is 5. The van der Waals surface area contributed by atoms with Crippen molar-refractivity contribution in [3.63, 3.8) is 0 Å². The molecule has 0 saturated carbocycles. The zero-order valence-corrected chi connectivity index (χ0v) is 18.9. The van der Waals surface area contributed by atoms with Gasteiger partial charge in [0.05, 0.1) is 4.90 Å². The van der Waals surface area contributed by atoms with E-state index in [1.54, 1.807) is 20.0 Å². The van der Waals surface area contributed by atoms with Crippen LogP contribution in [0.15, 0.2) is 40.2 Å². The molecule has 0 saturated heterocycles. The Balaban J connectivity index is 1.49. The number of guanidine groups is 1. The second-order valence-electron chi connectivity index (χ2n) is 7.09. The Morgan fingerprint density at radius 2 is 2.00 bits per heavy atom. The van der Waals surface area contributed by atoms with Crippen molar-refractivity contribution in [2.75, 3.05) is 32.0 Å². The number of thiophene rings is 1. The van der Waals surface area contributed by atoms with Crippen molar-refractivity contribution in [3.8, 4) is 0 Å². The zero-order valence-electron chi connectivity index (χ0n) is 17.3. The van der Waals surface area contributed by atoms with E-state index < -0.39 is 10.0 Å². The van der Waals surface area contributed by atoms with Gasteiger partial charge in [-0.2, -0.15) is 0 Å². The summed E-state index contributed by atoms with van der Waals surface area (Å²) in [4.78, 5) is 18.2. The van der Waals surface area contributed by atoms with Crippen molar-refractivity contribution in [3.05, 3.63) is 45.6 Å². The second-order valence-corrected chi connectivity index (χ2v) is 10.3. The average Bonchev–Trinajstić information content (AvgIpc) is 3.06. The Morgan fingerprint density at radius 3 is 2.70 bits per heavy atom. The van der Waals surface area contributed by atoms with Crippen molar-refractivity contribution >= 4 is 38.9 Å². The fraction of sp³-hybridized carbons (Fsp3) is 0.400. The lowest BCUT2D eigenvalue weighted by Gasteiger charge is -2.26. The minimum absolute atomic E-state index is 0.00295. The molecule has 2 aromatic rings. The third kappa shape index (κ3) is 5.38. The van der Waals surface area contributed by atoms with Crippen molar-refractivity contribution in [2.45, 2.75) is 31.1 Å². The number of carbonyl (C=O) groups is 1. The lowest BCUT2D eigenvalue weighted by molar-refractivity contribution is -0.116. The minimum Gasteiger partial charge on any atom is -0.356 e. The van der Waals surface area contributed by atoms with Crippen LogP contribution in [0, 0.1) is 13.8 Å². The highest BCUT2D eigenvalue weighted by atomic mass is 32.2. The minimum atomic E-state index is -3.53. The Kier molecular flexibility index (Phi) is 7.11. The SMILES string of the molecule is CN=C(NCCNS(=O)(=O)c1cc(C)sc1C)NCC1CC(=O)Nc2ccccc21. The molecular weight excluding hydrogens is 422 g/mol. The van der Waals surface area contributed by atoms with Gasteiger partial charge in [-0.25, -0.2) is 13.1 Å². The second kappa shape index (κ2) is 9.59. The lowest BCUT2D eigenvalue weighted by Crippen LogP contribution is -2.43. The summed E-state index contributed by atoms with van der Waals surface area (Å²) in [6, 6.07) is 9.46. The highest BCUT2D eigenvalue weighted by Crippen LogP contribution is 2.31. The maximum atomic E-state index is 12.4. The number of amides is 1. The number of aliphatic imine (C=N–C) groups is 1. The van der Waals surface area contributed by atoms with Gasteiger partial charge in [0.15, 0.2) is 5.96 Å². The number of para-hydroxylation sites is 1. The average molecular weight is 450 g/mol. The molecule has 1 aromatic carbocycles. The van der Waals surface area contributed by atoms with Crippen LogP contribution in [-0.2, 0) is 14.8 Å². The first-order chi connectivity index (χ1) is 14.3. The number of sulfonamides is 1. The molecule has 0 spiro atoms. The Morgan fingerprint density at radius 1 is 1.23 bits per heavy atom. The van der Waals surface area contributed by atoms with Crippen LogP contribution in [0.25, 0.3) is 0 Å². The number of fused-ring (bicyclic) bond motifs is 1. The summed E-state index contributed by atoms with van der Waals surface area (Å²) in [5.74, 6) is 0.592. The van der Waals surface area contributed by atoms with Crippen LogP contribution in [0.1, 0.15) is 27.7 Å². The van der Waals surface area contributed by atoms with E-state index >= 15 is 0 Å². The molecule has 162 valence electrons. The Labute approximate surface area is 181 Å². The number of rotatable bonds is 7. The molecule has 1 atom stereocenters. The van der Waals surface area contributed by atoms with Crippen LogP contribution in [0.3, 0.4) is 0 Å². The quantitative estimate of drug-likeness (QED) is 0.293. The van der Waals surface area contributed by atoms with Gasteiger partial charge in [-0.3, -0.25) is 9.79 Å². The standard InChI is InChI=1S/C20H27N5O3S2/c1-13-10-18(14(2)29-13)30(27,28)24-9-8-22-20(21-3)23-12-15-11-19(26)25-17-7-5-4-6-16(15)17/h4-7,10,15,24H,8-9,11-12H2,1-3H3,(H,25,26)(H2,21,22,23). The van der Waals surface area contributed by atoms with E-state index in [2.05, 4.69) is 25.7 Å². The monoisotopic (exact) mass is 449 g/mol. The van der Waals surface area contributed by atoms with E-state index in [4.69, 9.17) is 0 Å². The predicted octanol–water partition coefficient (Wildman–Crippen LogP) is 1.93. The van der Waals surface area contributed by atoms with Gasteiger partial charge in [-0.15, -0.1) is 11.3 Å². The Hall–Kier alpha value is -2.43. The first-order valence-corrected chi connectivity index (χ1v) is 12.0. The van der Waals surface area contributed by atoms with Crippen molar-refractivity contribution in [2.24, 2.45) is 4.99 Å². The molecule has 4 N–H and O–H groups in total. The van der Waals surface area contributed by atoms with Gasteiger partial charge in [0.25, 0.3) is 0 Å². The van der Waals surface area contributed by atoms with Crippen LogP contribution in [0.2, 0.25) is 0 Å². The van der Waals surface area contributed by atoms with Gasteiger partial charge in [0.2, 0.25) is 15.9 Å². The predicted molar refractivity (Wildman–Crippen MR) is 121 cm³/mol. The molecule has 0 fully saturated rings. The zero-order chi connectivity index (χ0) is 21.7. The fourth-order valence-corrected chi connectivity index (χ4v) is 6.03. The van der Waals surface area contributed by atoms with Crippen LogP contribution < -0.4 is 20.7 Å². The summed E-state index contributed by atoms with van der Waals surface area (Å²) in [7, 11) is -1.88. The van der Waals surface area contributed by atoms with Crippen LogP contribution in [0.4, 0.5) is 5.69 Å². The van der Waals surface area contributed by atoms with E-state index in [0.29, 0.717) is 30.4 Å². The number of carbonyl (C=O) groups excluding carboxylic acids is 1. The number of aryl methyl sites for hydroxylation is 2. The number of hydrogen-bond donors (Lipinski definition) is 4. The third-order valence-electron chi connectivity index (χ3n) is 4.84. The summed E-state index contributed by atoms with van der Waals surface area (Å²) in [6.07, 6.45) is 0.403. The van der Waals surface area contributed by atoms with Crippen LogP contribution >= 0.6 is 11.3 Å². The van der Waals surface area contributed by atoms with Crippen LogP contribution in [0.5, 0.6) is 0 Å². The lowest BCUT2D eigenvalue weighted by atomic mass is 9.90. The summed E-state index contributed by atoms with van der Waals surface area (Å²) >= 11 is 1.47. The summed E-state index contributed by atoms with van der Waals surface area (Å²) in [5.41, 5.74) is 1.94.